The number of carbonyl (C=O) groups is 1. The molecule has 0 aliphatic rings. The molecule has 0 spiro atoms. The van der Waals surface area contributed by atoms with Crippen LogP contribution in [0.3, 0.4) is 0 Å². The minimum Gasteiger partial charge on any atom is -0.493 e. The molecule has 0 heterocycles. The lowest BCUT2D eigenvalue weighted by atomic mass is 10.1. The van der Waals surface area contributed by atoms with Crippen LogP contribution in [0.2, 0.25) is 0 Å². The van der Waals surface area contributed by atoms with Gasteiger partial charge in [-0.3, -0.25) is 4.79 Å². The second-order valence-electron chi connectivity index (χ2n) is 7.03. The smallest absolute Gasteiger partial charge is 0.262 e. The Morgan fingerprint density at radius 2 is 1.82 bits per heavy atom. The van der Waals surface area contributed by atoms with Gasteiger partial charge >= 0.3 is 0 Å². The van der Waals surface area contributed by atoms with E-state index in [2.05, 4.69) is 24.5 Å². The third kappa shape index (κ3) is 5.02. The van der Waals surface area contributed by atoms with Crippen LogP contribution in [0.15, 0.2) is 60.7 Å². The Balaban J connectivity index is 1.64. The van der Waals surface area contributed by atoms with E-state index < -0.39 is 0 Å². The van der Waals surface area contributed by atoms with Crippen LogP contribution in [0.1, 0.15) is 19.4 Å². The summed E-state index contributed by atoms with van der Waals surface area (Å²) in [7, 11) is 1.61. The second-order valence-corrected chi connectivity index (χ2v) is 7.03. The topological polar surface area (TPSA) is 64.2 Å². The van der Waals surface area contributed by atoms with Crippen molar-refractivity contribution in [3.05, 3.63) is 66.2 Å². The molecule has 1 amide bonds. The number of hydrogen-bond acceptors (Lipinski definition) is 3. The van der Waals surface area contributed by atoms with E-state index in [0.717, 1.165) is 28.6 Å². The van der Waals surface area contributed by atoms with Crippen molar-refractivity contribution < 1.29 is 19.6 Å². The highest BCUT2D eigenvalue weighted by molar-refractivity contribution is 6.02. The molecule has 146 valence electrons. The molecule has 0 aromatic heterocycles. The van der Waals surface area contributed by atoms with Crippen molar-refractivity contribution in [2.75, 3.05) is 19.0 Å². The average Bonchev–Trinajstić information content (AvgIpc) is 2.71. The summed E-state index contributed by atoms with van der Waals surface area (Å²) in [6.45, 7) is 5.10. The van der Waals surface area contributed by atoms with Crippen molar-refractivity contribution in [3.63, 3.8) is 0 Å². The Bertz CT molecular complexity index is 948. The molecule has 0 bridgehead atoms. The van der Waals surface area contributed by atoms with E-state index in [1.165, 1.54) is 0 Å². The Kier molecular flexibility index (Phi) is 6.50. The molecular weight excluding hydrogens is 352 g/mol. The number of hydrogen-bond donors (Lipinski definition) is 2. The first-order valence-corrected chi connectivity index (χ1v) is 9.47. The van der Waals surface area contributed by atoms with Crippen LogP contribution in [0.25, 0.3) is 10.8 Å². The number of fused-ring (bicyclic) bond motifs is 1. The second kappa shape index (κ2) is 9.24. The van der Waals surface area contributed by atoms with Crippen LogP contribution in [-0.4, -0.2) is 25.7 Å². The fourth-order valence-electron chi connectivity index (χ4n) is 2.99. The van der Waals surface area contributed by atoms with E-state index in [1.54, 1.807) is 7.11 Å². The zero-order valence-electron chi connectivity index (χ0n) is 16.6. The number of carbonyl (C=O) groups excluding carboxylic acids is 1. The molecule has 0 aliphatic carbocycles. The summed E-state index contributed by atoms with van der Waals surface area (Å²) in [6.07, 6.45) is 0. The monoisotopic (exact) mass is 379 g/mol. The molecule has 0 radical (unpaired) electrons. The van der Waals surface area contributed by atoms with Crippen LogP contribution in [-0.2, 0) is 11.3 Å². The number of anilines is 1. The number of ether oxygens (including phenoxy) is 2. The number of rotatable bonds is 8. The molecule has 3 N–H and O–H groups in total. The number of methoxy groups -OCH3 is 1. The normalized spacial score (nSPS) is 10.9. The van der Waals surface area contributed by atoms with Crippen molar-refractivity contribution in [1.82, 2.24) is 0 Å². The van der Waals surface area contributed by atoms with Crippen LogP contribution >= 0.6 is 0 Å². The third-order valence-electron chi connectivity index (χ3n) is 4.48. The first-order chi connectivity index (χ1) is 13.6. The average molecular weight is 379 g/mol. The van der Waals surface area contributed by atoms with E-state index in [9.17, 15) is 4.79 Å². The third-order valence-corrected chi connectivity index (χ3v) is 4.48. The molecule has 0 unspecified atom stereocenters. The first kappa shape index (κ1) is 19.7. The summed E-state index contributed by atoms with van der Waals surface area (Å²) >= 11 is 0. The van der Waals surface area contributed by atoms with Gasteiger partial charge in [-0.2, -0.15) is 0 Å². The molecule has 0 aliphatic heterocycles. The van der Waals surface area contributed by atoms with Crippen molar-refractivity contribution in [2.45, 2.75) is 26.4 Å². The molecule has 3 rings (SSSR count). The first-order valence-electron chi connectivity index (χ1n) is 9.47. The number of benzene rings is 3. The van der Waals surface area contributed by atoms with Gasteiger partial charge in [-0.1, -0.05) is 36.4 Å². The summed E-state index contributed by atoms with van der Waals surface area (Å²) in [4.78, 5) is 12.4. The van der Waals surface area contributed by atoms with E-state index in [-0.39, 0.29) is 12.5 Å². The largest absolute Gasteiger partial charge is 0.493 e. The van der Waals surface area contributed by atoms with Gasteiger partial charge in [-0.05, 0) is 43.5 Å². The molecule has 0 saturated carbocycles. The highest BCUT2D eigenvalue weighted by Gasteiger charge is 2.11. The predicted molar refractivity (Wildman–Crippen MR) is 112 cm³/mol. The number of quaternary nitrogens is 1. The summed E-state index contributed by atoms with van der Waals surface area (Å²) in [5.74, 6) is 0.979. The van der Waals surface area contributed by atoms with Gasteiger partial charge in [0, 0.05) is 16.6 Å². The molecular formula is C23H27N2O3+. The Morgan fingerprint density at radius 1 is 1.04 bits per heavy atom. The number of amides is 1. The van der Waals surface area contributed by atoms with Crippen LogP contribution in [0, 0.1) is 0 Å². The molecule has 0 saturated heterocycles. The van der Waals surface area contributed by atoms with Crippen LogP contribution in [0.4, 0.5) is 5.69 Å². The summed E-state index contributed by atoms with van der Waals surface area (Å²) < 4.78 is 11.1. The molecule has 0 fully saturated rings. The SMILES string of the molecule is COc1cc(C[NH2+]C(C)C)ccc1OCC(=O)Nc1cccc2ccccc12. The Hall–Kier alpha value is -3.05. The maximum atomic E-state index is 12.4. The molecule has 5 heteroatoms. The van der Waals surface area contributed by atoms with E-state index >= 15 is 0 Å². The molecule has 3 aromatic carbocycles. The lowest BCUT2D eigenvalue weighted by molar-refractivity contribution is -0.698. The molecule has 0 atom stereocenters. The van der Waals surface area contributed by atoms with Gasteiger partial charge < -0.3 is 20.1 Å². The fourth-order valence-corrected chi connectivity index (χ4v) is 2.99. The van der Waals surface area contributed by atoms with E-state index in [4.69, 9.17) is 9.47 Å². The predicted octanol–water partition coefficient (Wildman–Crippen LogP) is 3.34. The zero-order chi connectivity index (χ0) is 19.9. The van der Waals surface area contributed by atoms with E-state index in [0.29, 0.717) is 17.5 Å². The molecule has 5 nitrogen and oxygen atoms in total. The maximum absolute atomic E-state index is 12.4. The minimum atomic E-state index is -0.212. The van der Waals surface area contributed by atoms with Gasteiger partial charge in [-0.25, -0.2) is 0 Å². The summed E-state index contributed by atoms with van der Waals surface area (Å²) in [5.41, 5.74) is 1.93. The van der Waals surface area contributed by atoms with Crippen molar-refractivity contribution in [3.8, 4) is 11.5 Å². The van der Waals surface area contributed by atoms with Gasteiger partial charge in [0.2, 0.25) is 0 Å². The fraction of sp³-hybridized carbons (Fsp3) is 0.261. The number of nitrogens with two attached hydrogens (primary N) is 1. The van der Waals surface area contributed by atoms with Gasteiger partial charge in [0.05, 0.1) is 13.2 Å². The van der Waals surface area contributed by atoms with Crippen molar-refractivity contribution in [1.29, 1.82) is 0 Å². The van der Waals surface area contributed by atoms with Gasteiger partial charge in [0.1, 0.15) is 6.54 Å². The Morgan fingerprint density at radius 3 is 2.61 bits per heavy atom. The molecule has 3 aromatic rings. The summed E-state index contributed by atoms with van der Waals surface area (Å²) in [5, 5.41) is 7.25. The standard InChI is InChI=1S/C23H26N2O3/c1-16(2)24-14-17-11-12-21(22(13-17)27-3)28-15-23(26)25-20-10-6-8-18-7-4-5-9-19(18)20/h4-13,16,24H,14-15H2,1-3H3,(H,25,26)/p+1. The van der Waals surface area contributed by atoms with Crippen LogP contribution in [0.5, 0.6) is 11.5 Å². The Labute approximate surface area is 165 Å². The van der Waals surface area contributed by atoms with Gasteiger partial charge in [0.15, 0.2) is 18.1 Å². The van der Waals surface area contributed by atoms with E-state index in [1.807, 2.05) is 60.7 Å². The summed E-state index contributed by atoms with van der Waals surface area (Å²) in [6, 6.07) is 20.1. The molecule has 28 heavy (non-hydrogen) atoms. The zero-order valence-corrected chi connectivity index (χ0v) is 16.6. The quantitative estimate of drug-likeness (QED) is 0.631. The van der Waals surface area contributed by atoms with Gasteiger partial charge in [-0.15, -0.1) is 0 Å². The van der Waals surface area contributed by atoms with Crippen molar-refractivity contribution >= 4 is 22.4 Å². The van der Waals surface area contributed by atoms with Crippen molar-refractivity contribution in [2.24, 2.45) is 0 Å². The lowest BCUT2D eigenvalue weighted by Crippen LogP contribution is -2.86. The highest BCUT2D eigenvalue weighted by Crippen LogP contribution is 2.28. The minimum absolute atomic E-state index is 0.0863. The maximum Gasteiger partial charge on any atom is 0.262 e. The van der Waals surface area contributed by atoms with Gasteiger partial charge in [0.25, 0.3) is 5.91 Å². The number of nitrogens with one attached hydrogen (secondary N) is 1. The van der Waals surface area contributed by atoms with Crippen LogP contribution < -0.4 is 20.1 Å². The highest BCUT2D eigenvalue weighted by atomic mass is 16.5. The lowest BCUT2D eigenvalue weighted by Gasteiger charge is -2.13.